The molecule has 1 aliphatic rings. The summed E-state index contributed by atoms with van der Waals surface area (Å²) in [5.41, 5.74) is -2.32. The summed E-state index contributed by atoms with van der Waals surface area (Å²) in [5, 5.41) is 13.2. The standard InChI is InChI=1S/C20H16Cl2N2O4/c1-3-19(2,28-11-25)20(18(27)24-14-6-4-5-7-16(14)26)10-23-15-9-12(21)8-13(22)17(15)20/h3-11,26H,1H2,2H3,(H,24,27). The van der Waals surface area contributed by atoms with Crippen molar-refractivity contribution in [3.05, 3.63) is 64.7 Å². The maximum atomic E-state index is 13.5. The fourth-order valence-electron chi connectivity index (χ4n) is 3.26. The molecule has 1 aliphatic heterocycles. The van der Waals surface area contributed by atoms with Crippen LogP contribution in [-0.4, -0.2) is 29.3 Å². The maximum Gasteiger partial charge on any atom is 0.294 e. The molecule has 1 amide bonds. The smallest absolute Gasteiger partial charge is 0.294 e. The second-order valence-corrected chi connectivity index (χ2v) is 7.19. The average molecular weight is 419 g/mol. The monoisotopic (exact) mass is 418 g/mol. The molecule has 0 spiro atoms. The molecule has 0 saturated carbocycles. The number of phenolic OH excluding ortho intramolecular Hbond substituents is 1. The van der Waals surface area contributed by atoms with Crippen molar-refractivity contribution in [2.75, 3.05) is 5.32 Å². The minimum atomic E-state index is -1.64. The molecule has 2 atom stereocenters. The third-order valence-corrected chi connectivity index (χ3v) is 5.32. The molecule has 0 radical (unpaired) electrons. The van der Waals surface area contributed by atoms with E-state index in [9.17, 15) is 14.7 Å². The summed E-state index contributed by atoms with van der Waals surface area (Å²) >= 11 is 12.5. The second kappa shape index (κ2) is 7.30. The number of para-hydroxylation sites is 2. The minimum Gasteiger partial charge on any atom is -0.506 e. The Kier molecular flexibility index (Phi) is 5.19. The van der Waals surface area contributed by atoms with Gasteiger partial charge in [0.15, 0.2) is 11.0 Å². The van der Waals surface area contributed by atoms with Crippen LogP contribution in [0.1, 0.15) is 12.5 Å². The lowest BCUT2D eigenvalue weighted by Crippen LogP contribution is -2.57. The van der Waals surface area contributed by atoms with Crippen LogP contribution in [0.25, 0.3) is 0 Å². The first-order valence-corrected chi connectivity index (χ1v) is 8.94. The number of carbonyl (C=O) groups is 2. The Labute approximate surface area is 171 Å². The third kappa shape index (κ3) is 2.95. The number of rotatable bonds is 6. The predicted molar refractivity (Wildman–Crippen MR) is 109 cm³/mol. The molecule has 2 unspecified atom stereocenters. The van der Waals surface area contributed by atoms with Gasteiger partial charge in [0, 0.05) is 21.8 Å². The van der Waals surface area contributed by atoms with Crippen molar-refractivity contribution in [2.45, 2.75) is 17.9 Å². The Morgan fingerprint density at radius 1 is 1.36 bits per heavy atom. The molecular formula is C20H16Cl2N2O4. The summed E-state index contributed by atoms with van der Waals surface area (Å²) in [4.78, 5) is 29.0. The average Bonchev–Trinajstić information content (AvgIpc) is 3.05. The van der Waals surface area contributed by atoms with E-state index in [-0.39, 0.29) is 22.9 Å². The zero-order valence-corrected chi connectivity index (χ0v) is 16.3. The van der Waals surface area contributed by atoms with Gasteiger partial charge in [-0.25, -0.2) is 0 Å². The van der Waals surface area contributed by atoms with Gasteiger partial charge in [0.25, 0.3) is 6.47 Å². The number of hydrogen-bond acceptors (Lipinski definition) is 5. The highest BCUT2D eigenvalue weighted by Gasteiger charge is 2.59. The van der Waals surface area contributed by atoms with Crippen molar-refractivity contribution in [1.29, 1.82) is 0 Å². The van der Waals surface area contributed by atoms with E-state index < -0.39 is 16.9 Å². The summed E-state index contributed by atoms with van der Waals surface area (Å²) in [7, 11) is 0. The number of aliphatic imine (C=N–C) groups is 1. The first-order chi connectivity index (χ1) is 13.3. The van der Waals surface area contributed by atoms with Crippen molar-refractivity contribution < 1.29 is 19.4 Å². The van der Waals surface area contributed by atoms with E-state index in [4.69, 9.17) is 27.9 Å². The largest absolute Gasteiger partial charge is 0.506 e. The molecule has 144 valence electrons. The lowest BCUT2D eigenvalue weighted by molar-refractivity contribution is -0.144. The third-order valence-electron chi connectivity index (χ3n) is 4.80. The lowest BCUT2D eigenvalue weighted by Gasteiger charge is -2.40. The van der Waals surface area contributed by atoms with Gasteiger partial charge in [-0.15, -0.1) is 0 Å². The van der Waals surface area contributed by atoms with Crippen LogP contribution in [0.15, 0.2) is 54.0 Å². The molecule has 0 fully saturated rings. The van der Waals surface area contributed by atoms with Crippen LogP contribution in [0.3, 0.4) is 0 Å². The van der Waals surface area contributed by atoms with E-state index in [0.717, 1.165) is 0 Å². The second-order valence-electron chi connectivity index (χ2n) is 6.34. The van der Waals surface area contributed by atoms with Crippen LogP contribution < -0.4 is 5.32 Å². The lowest BCUT2D eigenvalue weighted by atomic mass is 9.68. The van der Waals surface area contributed by atoms with Gasteiger partial charge < -0.3 is 15.2 Å². The van der Waals surface area contributed by atoms with Crippen molar-refractivity contribution in [3.8, 4) is 5.75 Å². The van der Waals surface area contributed by atoms with E-state index in [1.165, 1.54) is 37.4 Å². The van der Waals surface area contributed by atoms with E-state index in [2.05, 4.69) is 16.9 Å². The molecule has 2 aromatic carbocycles. The number of nitrogens with one attached hydrogen (secondary N) is 1. The Balaban J connectivity index is 2.23. The van der Waals surface area contributed by atoms with Gasteiger partial charge in [-0.2, -0.15) is 0 Å². The molecule has 3 rings (SSSR count). The predicted octanol–water partition coefficient (Wildman–Crippen LogP) is 4.41. The number of ether oxygens (including phenoxy) is 1. The fourth-order valence-corrected chi connectivity index (χ4v) is 3.89. The molecule has 28 heavy (non-hydrogen) atoms. The quantitative estimate of drug-likeness (QED) is 0.413. The number of amides is 1. The van der Waals surface area contributed by atoms with Gasteiger partial charge in [0.05, 0.1) is 11.4 Å². The summed E-state index contributed by atoms with van der Waals surface area (Å²) in [6.07, 6.45) is 2.68. The number of phenols is 1. The molecule has 1 heterocycles. The number of anilines is 1. The number of nitrogens with zero attached hydrogens (tertiary/aromatic N) is 1. The van der Waals surface area contributed by atoms with Gasteiger partial charge in [0.1, 0.15) is 5.75 Å². The highest BCUT2D eigenvalue weighted by Crippen LogP contribution is 2.50. The summed E-state index contributed by atoms with van der Waals surface area (Å²) in [5.74, 6) is -0.745. The van der Waals surface area contributed by atoms with Crippen LogP contribution in [-0.2, 0) is 19.7 Å². The molecule has 6 nitrogen and oxygen atoms in total. The van der Waals surface area contributed by atoms with E-state index >= 15 is 0 Å². The Morgan fingerprint density at radius 3 is 2.71 bits per heavy atom. The zero-order chi connectivity index (χ0) is 20.5. The van der Waals surface area contributed by atoms with Gasteiger partial charge >= 0.3 is 0 Å². The van der Waals surface area contributed by atoms with Crippen LogP contribution in [0.5, 0.6) is 5.75 Å². The molecule has 0 aliphatic carbocycles. The topological polar surface area (TPSA) is 88.0 Å². The molecular weight excluding hydrogens is 403 g/mol. The molecule has 8 heteroatoms. The van der Waals surface area contributed by atoms with Crippen molar-refractivity contribution in [3.63, 3.8) is 0 Å². The van der Waals surface area contributed by atoms with E-state index in [0.29, 0.717) is 16.3 Å². The first kappa shape index (κ1) is 19.9. The molecule has 0 aromatic heterocycles. The van der Waals surface area contributed by atoms with Crippen LogP contribution >= 0.6 is 23.2 Å². The SMILES string of the molecule is C=CC(C)(OC=O)C1(C(=O)Nc2ccccc2O)C=Nc2cc(Cl)cc(Cl)c21. The van der Waals surface area contributed by atoms with E-state index in [1.54, 1.807) is 18.2 Å². The number of carbonyl (C=O) groups excluding carboxylic acids is 2. The molecule has 0 bridgehead atoms. The highest BCUT2D eigenvalue weighted by atomic mass is 35.5. The Hall–Kier alpha value is -2.83. The first-order valence-electron chi connectivity index (χ1n) is 8.18. The Bertz CT molecular complexity index is 1010. The van der Waals surface area contributed by atoms with Gasteiger partial charge in [-0.1, -0.05) is 41.9 Å². The normalized spacial score (nSPS) is 19.4. The van der Waals surface area contributed by atoms with Gasteiger partial charge in [-0.05, 0) is 37.3 Å². The Morgan fingerprint density at radius 2 is 2.07 bits per heavy atom. The summed E-state index contributed by atoms with van der Waals surface area (Å²) < 4.78 is 5.29. The number of benzene rings is 2. The molecule has 0 saturated heterocycles. The van der Waals surface area contributed by atoms with Crippen molar-refractivity contribution >= 4 is 53.2 Å². The highest BCUT2D eigenvalue weighted by molar-refractivity contribution is 6.37. The summed E-state index contributed by atoms with van der Waals surface area (Å²) in [6, 6.07) is 9.26. The van der Waals surface area contributed by atoms with Crippen LogP contribution in [0, 0.1) is 0 Å². The van der Waals surface area contributed by atoms with Crippen LogP contribution in [0.2, 0.25) is 10.0 Å². The molecule has 2 aromatic rings. The summed E-state index contributed by atoms with van der Waals surface area (Å²) in [6.45, 7) is 5.47. The number of halogens is 2. The zero-order valence-electron chi connectivity index (χ0n) is 14.8. The maximum absolute atomic E-state index is 13.5. The minimum absolute atomic E-state index is 0.125. The number of fused-ring (bicyclic) bond motifs is 1. The number of aromatic hydroxyl groups is 1. The van der Waals surface area contributed by atoms with Crippen molar-refractivity contribution in [1.82, 2.24) is 0 Å². The van der Waals surface area contributed by atoms with Crippen LogP contribution in [0.4, 0.5) is 11.4 Å². The van der Waals surface area contributed by atoms with Crippen molar-refractivity contribution in [2.24, 2.45) is 4.99 Å². The van der Waals surface area contributed by atoms with E-state index in [1.807, 2.05) is 0 Å². The van der Waals surface area contributed by atoms with Gasteiger partial charge in [-0.3, -0.25) is 14.6 Å². The fraction of sp³-hybridized carbons (Fsp3) is 0.150. The number of hydrogen-bond donors (Lipinski definition) is 2. The molecule has 2 N–H and O–H groups in total. The van der Waals surface area contributed by atoms with Gasteiger partial charge in [0.2, 0.25) is 5.91 Å².